The molecular weight excluding hydrogens is 394 g/mol. The summed E-state index contributed by atoms with van der Waals surface area (Å²) >= 11 is 7.27. The predicted molar refractivity (Wildman–Crippen MR) is 111 cm³/mol. The zero-order chi connectivity index (χ0) is 19.7. The maximum atomic E-state index is 12.6. The summed E-state index contributed by atoms with van der Waals surface area (Å²) in [5, 5.41) is 0.599. The number of carbonyl (C=O) groups excluding carboxylic acids is 1. The summed E-state index contributed by atoms with van der Waals surface area (Å²) in [5.74, 6) is 0.0604. The van der Waals surface area contributed by atoms with E-state index in [4.69, 9.17) is 17.3 Å². The highest BCUT2D eigenvalue weighted by Gasteiger charge is 2.17. The van der Waals surface area contributed by atoms with Crippen molar-refractivity contribution in [3.63, 3.8) is 0 Å². The van der Waals surface area contributed by atoms with Gasteiger partial charge in [0.05, 0.1) is 22.0 Å². The number of nitrogens with zero attached hydrogens (tertiary/aromatic N) is 4. The van der Waals surface area contributed by atoms with E-state index in [1.54, 1.807) is 12.3 Å². The zero-order valence-electron chi connectivity index (χ0n) is 15.0. The SMILES string of the molecule is Cn1cccc1C(=O)Cc1cccc(-c2nc(N)sc2-c2ccnc(Cl)n2)c1. The average Bonchev–Trinajstić information content (AvgIpc) is 3.27. The molecule has 0 atom stereocenters. The fourth-order valence-electron chi connectivity index (χ4n) is 3.02. The Labute approximate surface area is 170 Å². The average molecular weight is 410 g/mol. The summed E-state index contributed by atoms with van der Waals surface area (Å²) in [5.41, 5.74) is 9.80. The zero-order valence-corrected chi connectivity index (χ0v) is 16.5. The van der Waals surface area contributed by atoms with E-state index in [0.29, 0.717) is 28.6 Å². The van der Waals surface area contributed by atoms with E-state index in [1.165, 1.54) is 11.3 Å². The normalized spacial score (nSPS) is 10.9. The van der Waals surface area contributed by atoms with Crippen molar-refractivity contribution < 1.29 is 4.79 Å². The Balaban J connectivity index is 1.69. The summed E-state index contributed by atoms with van der Waals surface area (Å²) in [6.45, 7) is 0. The lowest BCUT2D eigenvalue weighted by Gasteiger charge is -2.06. The van der Waals surface area contributed by atoms with Crippen LogP contribution in [0.5, 0.6) is 0 Å². The van der Waals surface area contributed by atoms with Gasteiger partial charge in [-0.15, -0.1) is 0 Å². The van der Waals surface area contributed by atoms with Gasteiger partial charge in [-0.3, -0.25) is 4.79 Å². The highest BCUT2D eigenvalue weighted by atomic mass is 35.5. The lowest BCUT2D eigenvalue weighted by atomic mass is 10.0. The van der Waals surface area contributed by atoms with Crippen LogP contribution in [0.4, 0.5) is 5.13 Å². The number of Topliss-reactive ketones (excluding diaryl/α,β-unsaturated/α-hetero) is 1. The van der Waals surface area contributed by atoms with Gasteiger partial charge in [0.25, 0.3) is 0 Å². The van der Waals surface area contributed by atoms with Crippen LogP contribution in [0.1, 0.15) is 16.1 Å². The first kappa shape index (κ1) is 18.3. The van der Waals surface area contributed by atoms with Gasteiger partial charge in [-0.2, -0.15) is 0 Å². The van der Waals surface area contributed by atoms with Crippen LogP contribution in [0, 0.1) is 0 Å². The number of hydrogen-bond acceptors (Lipinski definition) is 6. The van der Waals surface area contributed by atoms with Crippen LogP contribution in [0.15, 0.2) is 54.9 Å². The topological polar surface area (TPSA) is 86.7 Å². The van der Waals surface area contributed by atoms with Crippen LogP contribution < -0.4 is 5.73 Å². The molecule has 0 amide bonds. The van der Waals surface area contributed by atoms with Crippen LogP contribution in [-0.4, -0.2) is 25.3 Å². The summed E-state index contributed by atoms with van der Waals surface area (Å²) in [6, 6.07) is 13.2. The molecule has 0 spiro atoms. The smallest absolute Gasteiger partial charge is 0.222 e. The minimum absolute atomic E-state index is 0.0604. The molecule has 140 valence electrons. The molecule has 0 saturated carbocycles. The Morgan fingerprint density at radius 2 is 2.07 bits per heavy atom. The Hall–Kier alpha value is -3.03. The maximum Gasteiger partial charge on any atom is 0.222 e. The minimum Gasteiger partial charge on any atom is -0.375 e. The molecule has 2 N–H and O–H groups in total. The van der Waals surface area contributed by atoms with Crippen LogP contribution in [-0.2, 0) is 13.5 Å². The quantitative estimate of drug-likeness (QED) is 0.393. The molecule has 0 aliphatic heterocycles. The molecular formula is C20H16ClN5OS. The summed E-state index contributed by atoms with van der Waals surface area (Å²) < 4.78 is 1.82. The number of hydrogen-bond donors (Lipinski definition) is 1. The molecule has 8 heteroatoms. The maximum absolute atomic E-state index is 12.6. The van der Waals surface area contributed by atoms with Gasteiger partial charge in [-0.1, -0.05) is 29.5 Å². The van der Waals surface area contributed by atoms with Gasteiger partial charge < -0.3 is 10.3 Å². The Bertz CT molecular complexity index is 1170. The first-order valence-electron chi connectivity index (χ1n) is 8.50. The molecule has 0 aliphatic rings. The number of nitrogen functional groups attached to an aromatic ring is 1. The van der Waals surface area contributed by atoms with Gasteiger partial charge in [0.1, 0.15) is 0 Å². The molecule has 0 saturated heterocycles. The molecule has 1 aromatic carbocycles. The molecule has 0 aliphatic carbocycles. The van der Waals surface area contributed by atoms with Gasteiger partial charge in [-0.05, 0) is 41.4 Å². The highest BCUT2D eigenvalue weighted by molar-refractivity contribution is 7.19. The second-order valence-corrected chi connectivity index (χ2v) is 7.61. The van der Waals surface area contributed by atoms with Crippen molar-refractivity contribution >= 4 is 33.9 Å². The molecule has 0 radical (unpaired) electrons. The van der Waals surface area contributed by atoms with Crippen molar-refractivity contribution in [3.05, 3.63) is 71.4 Å². The number of thiazole rings is 1. The molecule has 4 rings (SSSR count). The monoisotopic (exact) mass is 409 g/mol. The van der Waals surface area contributed by atoms with Gasteiger partial charge >= 0.3 is 0 Å². The van der Waals surface area contributed by atoms with E-state index in [0.717, 1.165) is 16.0 Å². The largest absolute Gasteiger partial charge is 0.375 e. The number of aromatic nitrogens is 4. The van der Waals surface area contributed by atoms with Gasteiger partial charge in [0.15, 0.2) is 10.9 Å². The molecule has 0 fully saturated rings. The summed E-state index contributed by atoms with van der Waals surface area (Å²) in [7, 11) is 1.86. The number of carbonyl (C=O) groups is 1. The Morgan fingerprint density at radius 3 is 2.82 bits per heavy atom. The van der Waals surface area contributed by atoms with Crippen molar-refractivity contribution in [3.8, 4) is 21.8 Å². The Morgan fingerprint density at radius 1 is 1.21 bits per heavy atom. The third kappa shape index (κ3) is 3.67. The van der Waals surface area contributed by atoms with Gasteiger partial charge in [0.2, 0.25) is 5.28 Å². The number of halogens is 1. The van der Waals surface area contributed by atoms with Crippen molar-refractivity contribution in [1.82, 2.24) is 19.5 Å². The number of rotatable bonds is 5. The molecule has 0 unspecified atom stereocenters. The Kier molecular flexibility index (Phi) is 4.93. The lowest BCUT2D eigenvalue weighted by Crippen LogP contribution is -2.08. The van der Waals surface area contributed by atoms with Crippen LogP contribution in [0.3, 0.4) is 0 Å². The van der Waals surface area contributed by atoms with Crippen LogP contribution in [0.25, 0.3) is 21.8 Å². The molecule has 4 aromatic rings. The number of nitrogens with two attached hydrogens (primary N) is 1. The van der Waals surface area contributed by atoms with Gasteiger partial charge in [0, 0.05) is 31.4 Å². The summed E-state index contributed by atoms with van der Waals surface area (Å²) in [6.07, 6.45) is 3.76. The fraction of sp³-hybridized carbons (Fsp3) is 0.100. The number of anilines is 1. The first-order valence-corrected chi connectivity index (χ1v) is 9.70. The molecule has 3 heterocycles. The minimum atomic E-state index is 0.0604. The van der Waals surface area contributed by atoms with Crippen molar-refractivity contribution in [2.75, 3.05) is 5.73 Å². The van der Waals surface area contributed by atoms with E-state index in [1.807, 2.05) is 54.2 Å². The second kappa shape index (κ2) is 7.53. The highest BCUT2D eigenvalue weighted by Crippen LogP contribution is 2.37. The number of aryl methyl sites for hydroxylation is 1. The fourth-order valence-corrected chi connectivity index (χ4v) is 3.99. The van der Waals surface area contributed by atoms with Crippen LogP contribution >= 0.6 is 22.9 Å². The molecule has 28 heavy (non-hydrogen) atoms. The number of ketones is 1. The van der Waals surface area contributed by atoms with E-state index >= 15 is 0 Å². The predicted octanol–water partition coefficient (Wildman–Crippen LogP) is 4.27. The third-order valence-corrected chi connectivity index (χ3v) is 5.39. The van der Waals surface area contributed by atoms with E-state index in [9.17, 15) is 4.79 Å². The van der Waals surface area contributed by atoms with E-state index < -0.39 is 0 Å². The molecule has 3 aromatic heterocycles. The summed E-state index contributed by atoms with van der Waals surface area (Å²) in [4.78, 5) is 26.1. The van der Waals surface area contributed by atoms with Crippen molar-refractivity contribution in [2.24, 2.45) is 7.05 Å². The van der Waals surface area contributed by atoms with E-state index in [-0.39, 0.29) is 11.1 Å². The number of benzene rings is 1. The lowest BCUT2D eigenvalue weighted by molar-refractivity contribution is 0.0985. The van der Waals surface area contributed by atoms with Crippen LogP contribution in [0.2, 0.25) is 5.28 Å². The third-order valence-electron chi connectivity index (χ3n) is 4.30. The molecule has 0 bridgehead atoms. The van der Waals surface area contributed by atoms with Crippen molar-refractivity contribution in [2.45, 2.75) is 6.42 Å². The van der Waals surface area contributed by atoms with Crippen molar-refractivity contribution in [1.29, 1.82) is 0 Å². The van der Waals surface area contributed by atoms with Gasteiger partial charge in [-0.25, -0.2) is 15.0 Å². The second-order valence-electron chi connectivity index (χ2n) is 6.25. The molecule has 6 nitrogen and oxygen atoms in total. The standard InChI is InChI=1S/C20H16ClN5OS/c1-26-9-3-6-15(26)16(27)11-12-4-2-5-13(10-12)17-18(28-20(22)25-17)14-7-8-23-19(21)24-14/h2-10H,11H2,1H3,(H2,22,25). The first-order chi connectivity index (χ1) is 13.5. The van der Waals surface area contributed by atoms with E-state index in [2.05, 4.69) is 15.0 Å².